The second kappa shape index (κ2) is 16.9. The lowest BCUT2D eigenvalue weighted by Crippen LogP contribution is -2.39. The SMILES string of the molecule is CCOC(=O)C(=O)N(Cc1ccc(C)cc1)Cc1ccccn1.Cc1ccc(CN(Cc2ccccn2)C(=O)C(N)=O)cc1. The first-order chi connectivity index (χ1) is 21.2. The highest BCUT2D eigenvalue weighted by molar-refractivity contribution is 6.34. The molecule has 0 atom stereocenters. The molecule has 0 fully saturated rings. The number of carbonyl (C=O) groups is 4. The lowest BCUT2D eigenvalue weighted by atomic mass is 10.1. The molecule has 10 heteroatoms. The van der Waals surface area contributed by atoms with E-state index in [9.17, 15) is 19.2 Å². The molecule has 0 bridgehead atoms. The minimum absolute atomic E-state index is 0.173. The number of ether oxygens (including phenoxy) is 1. The van der Waals surface area contributed by atoms with Crippen molar-refractivity contribution in [3.8, 4) is 0 Å². The van der Waals surface area contributed by atoms with Gasteiger partial charge in [-0.3, -0.25) is 24.4 Å². The number of carbonyl (C=O) groups excluding carboxylic acids is 4. The van der Waals surface area contributed by atoms with Crippen LogP contribution in [0.3, 0.4) is 0 Å². The van der Waals surface area contributed by atoms with E-state index in [4.69, 9.17) is 10.5 Å². The maximum Gasteiger partial charge on any atom is 0.397 e. The van der Waals surface area contributed by atoms with E-state index in [1.54, 1.807) is 37.5 Å². The van der Waals surface area contributed by atoms with Gasteiger partial charge in [-0.05, 0) is 56.2 Å². The number of esters is 1. The predicted octanol–water partition coefficient (Wildman–Crippen LogP) is 3.89. The van der Waals surface area contributed by atoms with E-state index in [0.717, 1.165) is 27.9 Å². The zero-order valence-electron chi connectivity index (χ0n) is 25.2. The molecule has 0 aliphatic carbocycles. The number of amides is 3. The smallest absolute Gasteiger partial charge is 0.397 e. The van der Waals surface area contributed by atoms with Crippen molar-refractivity contribution in [2.24, 2.45) is 5.73 Å². The minimum atomic E-state index is -0.960. The normalized spacial score (nSPS) is 10.2. The molecule has 3 amide bonds. The molecular weight excluding hydrogens is 558 g/mol. The Morgan fingerprint density at radius 3 is 1.43 bits per heavy atom. The summed E-state index contributed by atoms with van der Waals surface area (Å²) in [4.78, 5) is 58.5. The molecule has 2 aromatic heterocycles. The second-order valence-electron chi connectivity index (χ2n) is 10.0. The fraction of sp³-hybridized carbons (Fsp3) is 0.235. The van der Waals surface area contributed by atoms with Gasteiger partial charge in [0.25, 0.3) is 0 Å². The number of nitrogens with two attached hydrogens (primary N) is 1. The summed E-state index contributed by atoms with van der Waals surface area (Å²) in [7, 11) is 0. The quantitative estimate of drug-likeness (QED) is 0.229. The number of primary amides is 1. The third-order valence-corrected chi connectivity index (χ3v) is 6.38. The highest BCUT2D eigenvalue weighted by atomic mass is 16.5. The zero-order chi connectivity index (χ0) is 31.9. The third kappa shape index (κ3) is 10.8. The predicted molar refractivity (Wildman–Crippen MR) is 165 cm³/mol. The third-order valence-electron chi connectivity index (χ3n) is 6.38. The van der Waals surface area contributed by atoms with E-state index < -0.39 is 23.7 Å². The minimum Gasteiger partial charge on any atom is -0.459 e. The Hall–Kier alpha value is -5.38. The van der Waals surface area contributed by atoms with Gasteiger partial charge in [0.15, 0.2) is 0 Å². The first-order valence-electron chi connectivity index (χ1n) is 14.1. The van der Waals surface area contributed by atoms with E-state index in [-0.39, 0.29) is 19.7 Å². The van der Waals surface area contributed by atoms with Crippen LogP contribution >= 0.6 is 0 Å². The molecule has 4 aromatic rings. The van der Waals surface area contributed by atoms with Crippen LogP contribution < -0.4 is 5.73 Å². The Labute approximate surface area is 257 Å². The molecule has 0 spiro atoms. The van der Waals surface area contributed by atoms with Gasteiger partial charge < -0.3 is 20.3 Å². The molecule has 228 valence electrons. The molecule has 0 aliphatic heterocycles. The highest BCUT2D eigenvalue weighted by Crippen LogP contribution is 2.12. The summed E-state index contributed by atoms with van der Waals surface area (Å²) in [5.41, 5.74) is 10.7. The van der Waals surface area contributed by atoms with E-state index in [0.29, 0.717) is 18.8 Å². The average molecular weight is 596 g/mol. The fourth-order valence-electron chi connectivity index (χ4n) is 4.08. The van der Waals surface area contributed by atoms with Crippen molar-refractivity contribution >= 4 is 23.7 Å². The van der Waals surface area contributed by atoms with Crippen LogP contribution in [-0.4, -0.2) is 50.1 Å². The van der Waals surface area contributed by atoms with Crippen molar-refractivity contribution in [3.63, 3.8) is 0 Å². The lowest BCUT2D eigenvalue weighted by molar-refractivity contribution is -0.160. The fourth-order valence-corrected chi connectivity index (χ4v) is 4.08. The van der Waals surface area contributed by atoms with Gasteiger partial charge in [-0.1, -0.05) is 71.8 Å². The number of hydrogen-bond acceptors (Lipinski definition) is 7. The van der Waals surface area contributed by atoms with E-state index in [2.05, 4.69) is 9.97 Å². The summed E-state index contributed by atoms with van der Waals surface area (Å²) in [5.74, 6) is -3.16. The monoisotopic (exact) mass is 595 g/mol. The summed E-state index contributed by atoms with van der Waals surface area (Å²) in [6, 6.07) is 26.5. The molecular formula is C34H37N5O5. The van der Waals surface area contributed by atoms with E-state index in [1.165, 1.54) is 9.80 Å². The number of pyridine rings is 2. The Balaban J connectivity index is 0.000000241. The molecule has 44 heavy (non-hydrogen) atoms. The number of aromatic nitrogens is 2. The van der Waals surface area contributed by atoms with Gasteiger partial charge in [-0.25, -0.2) is 4.79 Å². The van der Waals surface area contributed by atoms with Crippen LogP contribution in [0.15, 0.2) is 97.3 Å². The molecule has 2 heterocycles. The largest absolute Gasteiger partial charge is 0.459 e. The Morgan fingerprint density at radius 1 is 0.636 bits per heavy atom. The van der Waals surface area contributed by atoms with Crippen molar-refractivity contribution in [2.45, 2.75) is 47.0 Å². The van der Waals surface area contributed by atoms with Crippen LogP contribution in [0.2, 0.25) is 0 Å². The Morgan fingerprint density at radius 2 is 1.07 bits per heavy atom. The molecule has 0 saturated heterocycles. The summed E-state index contributed by atoms with van der Waals surface area (Å²) in [6.45, 7) is 6.99. The van der Waals surface area contributed by atoms with Gasteiger partial charge in [-0.2, -0.15) is 0 Å². The van der Waals surface area contributed by atoms with Crippen molar-refractivity contribution in [1.82, 2.24) is 19.8 Å². The van der Waals surface area contributed by atoms with Crippen LogP contribution in [0.4, 0.5) is 0 Å². The molecule has 0 radical (unpaired) electrons. The molecule has 4 rings (SSSR count). The first kappa shape index (κ1) is 33.1. The highest BCUT2D eigenvalue weighted by Gasteiger charge is 2.24. The summed E-state index contributed by atoms with van der Waals surface area (Å²) >= 11 is 0. The number of hydrogen-bond donors (Lipinski definition) is 1. The number of nitrogens with zero attached hydrogens (tertiary/aromatic N) is 4. The second-order valence-corrected chi connectivity index (χ2v) is 10.0. The van der Waals surface area contributed by atoms with Gasteiger partial charge in [-0.15, -0.1) is 0 Å². The number of benzene rings is 2. The van der Waals surface area contributed by atoms with Gasteiger partial charge in [0.1, 0.15) is 0 Å². The van der Waals surface area contributed by atoms with E-state index >= 15 is 0 Å². The maximum absolute atomic E-state index is 12.3. The standard InChI is InChI=1S/C18H20N2O3.C16H17N3O2/c1-3-23-18(22)17(21)20(13-16-6-4-5-11-19-16)12-15-9-7-14(2)8-10-15;1-12-5-7-13(8-6-12)10-19(16(21)15(17)20)11-14-4-2-3-9-18-14/h4-11H,3,12-13H2,1-2H3;2-9H,10-11H2,1H3,(H2,17,20). The summed E-state index contributed by atoms with van der Waals surface area (Å²) in [6.07, 6.45) is 3.31. The van der Waals surface area contributed by atoms with Crippen LogP contribution in [0.5, 0.6) is 0 Å². The van der Waals surface area contributed by atoms with Crippen LogP contribution in [-0.2, 0) is 50.1 Å². The topological polar surface area (TPSA) is 136 Å². The Kier molecular flexibility index (Phi) is 12.7. The van der Waals surface area contributed by atoms with Crippen LogP contribution in [0.25, 0.3) is 0 Å². The first-order valence-corrected chi connectivity index (χ1v) is 14.1. The van der Waals surface area contributed by atoms with Crippen molar-refractivity contribution in [2.75, 3.05) is 6.61 Å². The molecule has 0 aliphatic rings. The van der Waals surface area contributed by atoms with Gasteiger partial charge in [0.05, 0.1) is 31.1 Å². The van der Waals surface area contributed by atoms with Crippen LogP contribution in [0.1, 0.15) is 40.6 Å². The molecule has 2 aromatic carbocycles. The Bertz CT molecular complexity index is 1510. The van der Waals surface area contributed by atoms with Crippen LogP contribution in [0, 0.1) is 13.8 Å². The number of aryl methyl sites for hydroxylation is 2. The molecule has 2 N–H and O–H groups in total. The van der Waals surface area contributed by atoms with E-state index in [1.807, 2.05) is 80.6 Å². The average Bonchev–Trinajstić information content (AvgIpc) is 3.03. The number of rotatable bonds is 9. The molecule has 0 saturated carbocycles. The maximum atomic E-state index is 12.3. The van der Waals surface area contributed by atoms with Gasteiger partial charge >= 0.3 is 23.7 Å². The zero-order valence-corrected chi connectivity index (χ0v) is 25.2. The van der Waals surface area contributed by atoms with Crippen molar-refractivity contribution in [1.29, 1.82) is 0 Å². The summed E-state index contributed by atoms with van der Waals surface area (Å²) < 4.78 is 4.83. The van der Waals surface area contributed by atoms with Crippen molar-refractivity contribution in [3.05, 3.63) is 131 Å². The molecule has 0 unspecified atom stereocenters. The van der Waals surface area contributed by atoms with Gasteiger partial charge in [0, 0.05) is 25.5 Å². The summed E-state index contributed by atoms with van der Waals surface area (Å²) in [5, 5.41) is 0. The van der Waals surface area contributed by atoms with Gasteiger partial charge in [0.2, 0.25) is 0 Å². The van der Waals surface area contributed by atoms with Crippen molar-refractivity contribution < 1.29 is 23.9 Å². The lowest BCUT2D eigenvalue weighted by Gasteiger charge is -2.21. The molecule has 10 nitrogen and oxygen atoms in total.